The van der Waals surface area contributed by atoms with Crippen LogP contribution in [0.25, 0.3) is 5.69 Å². The van der Waals surface area contributed by atoms with Crippen LogP contribution in [-0.4, -0.2) is 26.8 Å². The maximum absolute atomic E-state index is 12.0. The number of carbonyl (C=O) groups excluding carboxylic acids is 1. The van der Waals surface area contributed by atoms with Crippen LogP contribution in [0, 0.1) is 0 Å². The predicted octanol–water partition coefficient (Wildman–Crippen LogP) is 2.23. The molecule has 2 rings (SSSR count). The molecule has 0 aliphatic carbocycles. The molecule has 1 N–H and O–H groups in total. The van der Waals surface area contributed by atoms with E-state index in [1.807, 2.05) is 0 Å². The quantitative estimate of drug-likeness (QED) is 0.921. The third kappa shape index (κ3) is 4.59. The van der Waals surface area contributed by atoms with E-state index in [0.717, 1.165) is 5.56 Å². The summed E-state index contributed by atoms with van der Waals surface area (Å²) in [5.41, 5.74) is 1.45. The second kappa shape index (κ2) is 6.38. The van der Waals surface area contributed by atoms with Gasteiger partial charge in [0.15, 0.2) is 0 Å². The number of halogens is 3. The van der Waals surface area contributed by atoms with Crippen molar-refractivity contribution in [3.63, 3.8) is 0 Å². The van der Waals surface area contributed by atoms with Crippen LogP contribution >= 0.6 is 0 Å². The first-order valence-corrected chi connectivity index (χ1v) is 6.22. The van der Waals surface area contributed by atoms with E-state index in [2.05, 4.69) is 15.4 Å². The Hall–Kier alpha value is -2.38. The molecule has 1 aromatic carbocycles. The summed E-state index contributed by atoms with van der Waals surface area (Å²) in [6.07, 6.45) is -3.14. The van der Waals surface area contributed by atoms with Gasteiger partial charge in [-0.3, -0.25) is 4.79 Å². The van der Waals surface area contributed by atoms with Crippen LogP contribution in [0.5, 0.6) is 0 Å². The first-order chi connectivity index (χ1) is 9.96. The van der Waals surface area contributed by atoms with E-state index in [1.165, 1.54) is 17.3 Å². The van der Waals surface area contributed by atoms with Gasteiger partial charge in [-0.25, -0.2) is 9.67 Å². The van der Waals surface area contributed by atoms with Crippen LogP contribution in [0.3, 0.4) is 0 Å². The summed E-state index contributed by atoms with van der Waals surface area (Å²) >= 11 is 0. The fourth-order valence-corrected chi connectivity index (χ4v) is 1.75. The number of hydrogen-bond donors (Lipinski definition) is 1. The Morgan fingerprint density at radius 1 is 1.29 bits per heavy atom. The summed E-state index contributed by atoms with van der Waals surface area (Å²) < 4.78 is 37.6. The molecule has 0 saturated heterocycles. The van der Waals surface area contributed by atoms with Crippen molar-refractivity contribution in [2.75, 3.05) is 0 Å². The third-order valence-electron chi connectivity index (χ3n) is 2.77. The molecule has 0 aliphatic heterocycles. The molecule has 0 fully saturated rings. The summed E-state index contributed by atoms with van der Waals surface area (Å²) in [5, 5.41) is 6.46. The maximum atomic E-state index is 12.0. The molecule has 1 heterocycles. The highest BCUT2D eigenvalue weighted by atomic mass is 19.4. The average Bonchev–Trinajstić information content (AvgIpc) is 2.96. The van der Waals surface area contributed by atoms with E-state index >= 15 is 0 Å². The van der Waals surface area contributed by atoms with E-state index < -0.39 is 24.9 Å². The van der Waals surface area contributed by atoms with E-state index in [0.29, 0.717) is 5.69 Å². The number of carbonyl (C=O) groups is 1. The minimum absolute atomic E-state index is 0.132. The van der Waals surface area contributed by atoms with E-state index in [4.69, 9.17) is 0 Å². The van der Waals surface area contributed by atoms with E-state index in [9.17, 15) is 18.0 Å². The maximum Gasteiger partial charge on any atom is 0.389 e. The van der Waals surface area contributed by atoms with Gasteiger partial charge < -0.3 is 5.32 Å². The van der Waals surface area contributed by atoms with Crippen LogP contribution in [0.15, 0.2) is 36.9 Å². The molecule has 1 aromatic heterocycles. The molecule has 8 heteroatoms. The Kier molecular flexibility index (Phi) is 4.56. The van der Waals surface area contributed by atoms with Crippen molar-refractivity contribution in [1.82, 2.24) is 20.1 Å². The Morgan fingerprint density at radius 2 is 2.05 bits per heavy atom. The topological polar surface area (TPSA) is 59.8 Å². The minimum atomic E-state index is -4.32. The molecule has 5 nitrogen and oxygen atoms in total. The van der Waals surface area contributed by atoms with Gasteiger partial charge in [0.25, 0.3) is 0 Å². The van der Waals surface area contributed by atoms with Crippen molar-refractivity contribution in [2.45, 2.75) is 25.6 Å². The number of nitrogens with zero attached hydrogens (tertiary/aromatic N) is 3. The van der Waals surface area contributed by atoms with Gasteiger partial charge >= 0.3 is 6.18 Å². The predicted molar refractivity (Wildman–Crippen MR) is 68.5 cm³/mol. The lowest BCUT2D eigenvalue weighted by Crippen LogP contribution is -2.25. The minimum Gasteiger partial charge on any atom is -0.352 e. The number of benzene rings is 1. The zero-order valence-corrected chi connectivity index (χ0v) is 11.0. The second-order valence-corrected chi connectivity index (χ2v) is 4.36. The number of nitrogens with one attached hydrogen (secondary N) is 1. The lowest BCUT2D eigenvalue weighted by atomic mass is 10.1. The van der Waals surface area contributed by atoms with Crippen molar-refractivity contribution in [2.24, 2.45) is 0 Å². The number of aromatic nitrogens is 3. The van der Waals surface area contributed by atoms with Gasteiger partial charge in [0.05, 0.1) is 12.1 Å². The van der Waals surface area contributed by atoms with Crippen molar-refractivity contribution in [1.29, 1.82) is 0 Å². The Morgan fingerprint density at radius 3 is 2.71 bits per heavy atom. The van der Waals surface area contributed by atoms with Gasteiger partial charge in [-0.1, -0.05) is 18.2 Å². The molecule has 0 spiro atoms. The molecule has 1 amide bonds. The van der Waals surface area contributed by atoms with Gasteiger partial charge in [-0.05, 0) is 11.6 Å². The number of hydrogen-bond acceptors (Lipinski definition) is 3. The van der Waals surface area contributed by atoms with E-state index in [-0.39, 0.29) is 6.54 Å². The smallest absolute Gasteiger partial charge is 0.352 e. The van der Waals surface area contributed by atoms with E-state index in [1.54, 1.807) is 24.3 Å². The fourth-order valence-electron chi connectivity index (χ4n) is 1.75. The molecular formula is C13H13F3N4O. The number of amides is 1. The zero-order valence-electron chi connectivity index (χ0n) is 11.0. The lowest BCUT2D eigenvalue weighted by Gasteiger charge is -2.11. The summed E-state index contributed by atoms with van der Waals surface area (Å²) in [4.78, 5) is 15.2. The number of rotatable bonds is 5. The van der Waals surface area contributed by atoms with Crippen LogP contribution in [0.4, 0.5) is 13.2 Å². The largest absolute Gasteiger partial charge is 0.389 e. The number of para-hydroxylation sites is 1. The second-order valence-electron chi connectivity index (χ2n) is 4.36. The first-order valence-electron chi connectivity index (χ1n) is 6.22. The van der Waals surface area contributed by atoms with Crippen molar-refractivity contribution in [3.05, 3.63) is 42.5 Å². The van der Waals surface area contributed by atoms with Gasteiger partial charge in [0, 0.05) is 13.0 Å². The van der Waals surface area contributed by atoms with Crippen molar-refractivity contribution in [3.8, 4) is 5.69 Å². The highest BCUT2D eigenvalue weighted by molar-refractivity contribution is 5.76. The van der Waals surface area contributed by atoms with Crippen LogP contribution in [0.1, 0.15) is 18.4 Å². The zero-order chi connectivity index (χ0) is 15.3. The Balaban J connectivity index is 1.96. The van der Waals surface area contributed by atoms with Gasteiger partial charge in [0.1, 0.15) is 12.7 Å². The van der Waals surface area contributed by atoms with Gasteiger partial charge in [-0.15, -0.1) is 0 Å². The lowest BCUT2D eigenvalue weighted by molar-refractivity contribution is -0.144. The summed E-state index contributed by atoms with van der Waals surface area (Å²) in [6.45, 7) is 0.132. The summed E-state index contributed by atoms with van der Waals surface area (Å²) in [7, 11) is 0. The Bertz CT molecular complexity index is 596. The number of alkyl halides is 3. The van der Waals surface area contributed by atoms with Gasteiger partial charge in [-0.2, -0.15) is 18.3 Å². The fraction of sp³-hybridized carbons (Fsp3) is 0.308. The first kappa shape index (κ1) is 15.0. The van der Waals surface area contributed by atoms with Crippen molar-refractivity contribution >= 4 is 5.91 Å². The monoisotopic (exact) mass is 298 g/mol. The average molecular weight is 298 g/mol. The summed E-state index contributed by atoms with van der Waals surface area (Å²) in [5.74, 6) is -0.638. The molecule has 2 aromatic rings. The molecular weight excluding hydrogens is 285 g/mol. The SMILES string of the molecule is O=C(CCC(F)(F)F)NCc1ccccc1-n1cncn1. The molecule has 0 radical (unpaired) electrons. The standard InChI is InChI=1S/C13H13F3N4O/c14-13(15,16)6-5-12(21)18-7-10-3-1-2-4-11(10)20-9-17-8-19-20/h1-4,8-9H,5-7H2,(H,18,21). The molecule has 0 aliphatic rings. The van der Waals surface area contributed by atoms with Crippen LogP contribution < -0.4 is 5.32 Å². The highest BCUT2D eigenvalue weighted by Gasteiger charge is 2.27. The highest BCUT2D eigenvalue weighted by Crippen LogP contribution is 2.21. The molecule has 0 saturated carbocycles. The van der Waals surface area contributed by atoms with Crippen molar-refractivity contribution < 1.29 is 18.0 Å². The molecule has 0 bridgehead atoms. The van der Waals surface area contributed by atoms with Gasteiger partial charge in [0.2, 0.25) is 5.91 Å². The third-order valence-corrected chi connectivity index (χ3v) is 2.77. The molecule has 0 atom stereocenters. The summed E-state index contributed by atoms with van der Waals surface area (Å²) in [6, 6.07) is 7.12. The molecule has 0 unspecified atom stereocenters. The normalized spacial score (nSPS) is 11.4. The van der Waals surface area contributed by atoms with Crippen LogP contribution in [0.2, 0.25) is 0 Å². The Labute approximate surface area is 118 Å². The molecule has 21 heavy (non-hydrogen) atoms. The molecule has 112 valence electrons. The van der Waals surface area contributed by atoms with Crippen LogP contribution in [-0.2, 0) is 11.3 Å².